The zero-order valence-corrected chi connectivity index (χ0v) is 17.2. The van der Waals surface area contributed by atoms with Crippen molar-refractivity contribution in [2.45, 2.75) is 11.8 Å². The van der Waals surface area contributed by atoms with Crippen molar-refractivity contribution >= 4 is 46.5 Å². The van der Waals surface area contributed by atoms with Crippen LogP contribution >= 0.6 is 23.4 Å². The lowest BCUT2D eigenvalue weighted by atomic mass is 10.2. The number of thioether (sulfide) groups is 1. The summed E-state index contributed by atoms with van der Waals surface area (Å²) in [5.74, 6) is -0.454. The molecule has 4 aromatic rings. The van der Waals surface area contributed by atoms with Crippen LogP contribution in [-0.2, 0) is 11.4 Å². The van der Waals surface area contributed by atoms with E-state index < -0.39 is 5.97 Å². The lowest BCUT2D eigenvalue weighted by molar-refractivity contribution is -0.131. The van der Waals surface area contributed by atoms with Crippen LogP contribution in [0.25, 0.3) is 17.2 Å². The summed E-state index contributed by atoms with van der Waals surface area (Å²) < 4.78 is 11.4. The van der Waals surface area contributed by atoms with Crippen LogP contribution in [0.3, 0.4) is 0 Å². The fourth-order valence-corrected chi connectivity index (χ4v) is 3.68. The number of rotatable bonds is 7. The number of para-hydroxylation sites is 2. The topological polar surface area (TPSA) is 72.6 Å². The molecule has 0 radical (unpaired) electrons. The quantitative estimate of drug-likeness (QED) is 0.271. The van der Waals surface area contributed by atoms with Gasteiger partial charge in [-0.1, -0.05) is 54.1 Å². The third kappa shape index (κ3) is 4.84. The van der Waals surface area contributed by atoms with Gasteiger partial charge in [-0.25, -0.2) is 9.78 Å². The molecule has 0 unspecified atom stereocenters. The molecule has 1 N–H and O–H groups in total. The van der Waals surface area contributed by atoms with Gasteiger partial charge in [-0.05, 0) is 53.7 Å². The van der Waals surface area contributed by atoms with Crippen molar-refractivity contribution in [3.05, 3.63) is 93.9 Å². The average Bonchev–Trinajstić information content (AvgIpc) is 3.15. The summed E-state index contributed by atoms with van der Waals surface area (Å²) in [5, 5.41) is 10.5. The van der Waals surface area contributed by atoms with Gasteiger partial charge < -0.3 is 14.3 Å². The highest BCUT2D eigenvalue weighted by Crippen LogP contribution is 2.31. The van der Waals surface area contributed by atoms with Crippen molar-refractivity contribution < 1.29 is 19.1 Å². The summed E-state index contributed by atoms with van der Waals surface area (Å²) in [6.45, 7) is 0.316. The van der Waals surface area contributed by atoms with Gasteiger partial charge in [0, 0.05) is 10.6 Å². The first-order chi connectivity index (χ1) is 14.6. The van der Waals surface area contributed by atoms with E-state index in [-0.39, 0.29) is 10.1 Å². The van der Waals surface area contributed by atoms with Gasteiger partial charge in [-0.2, -0.15) is 0 Å². The minimum absolute atomic E-state index is 0.0878. The Morgan fingerprint density at radius 1 is 1.10 bits per heavy atom. The monoisotopic (exact) mass is 437 g/mol. The Balaban J connectivity index is 1.53. The van der Waals surface area contributed by atoms with E-state index in [0.717, 1.165) is 17.3 Å². The maximum Gasteiger partial charge on any atom is 0.342 e. The Bertz CT molecular complexity index is 1200. The summed E-state index contributed by atoms with van der Waals surface area (Å²) in [6.07, 6.45) is 1.56. The molecule has 0 amide bonds. The van der Waals surface area contributed by atoms with Gasteiger partial charge in [-0.3, -0.25) is 0 Å². The minimum Gasteiger partial charge on any atom is -0.489 e. The molecule has 4 rings (SSSR count). The number of carbonyl (C=O) groups is 1. The molecule has 0 spiro atoms. The smallest absolute Gasteiger partial charge is 0.342 e. The Kier molecular flexibility index (Phi) is 6.07. The van der Waals surface area contributed by atoms with Crippen LogP contribution in [0.4, 0.5) is 0 Å². The van der Waals surface area contributed by atoms with Crippen LogP contribution in [-0.4, -0.2) is 16.1 Å². The summed E-state index contributed by atoms with van der Waals surface area (Å²) in [5.41, 5.74) is 2.85. The maximum atomic E-state index is 11.8. The molecule has 1 aromatic heterocycles. The summed E-state index contributed by atoms with van der Waals surface area (Å²) in [6, 6.07) is 21.9. The van der Waals surface area contributed by atoms with Gasteiger partial charge in [0.25, 0.3) is 5.22 Å². The van der Waals surface area contributed by atoms with Crippen molar-refractivity contribution in [3.63, 3.8) is 0 Å². The number of halogens is 1. The number of fused-ring (bicyclic) bond motifs is 1. The van der Waals surface area contributed by atoms with Gasteiger partial charge in [0.2, 0.25) is 0 Å². The lowest BCUT2D eigenvalue weighted by Gasteiger charge is -2.08. The largest absolute Gasteiger partial charge is 0.489 e. The number of ether oxygens (including phenoxy) is 1. The molecule has 3 aromatic carbocycles. The predicted molar refractivity (Wildman–Crippen MR) is 118 cm³/mol. The van der Waals surface area contributed by atoms with Crippen LogP contribution in [0.1, 0.15) is 11.1 Å². The molecule has 0 aliphatic heterocycles. The maximum absolute atomic E-state index is 11.8. The van der Waals surface area contributed by atoms with Gasteiger partial charge in [0.1, 0.15) is 22.8 Å². The molecule has 0 bridgehead atoms. The summed E-state index contributed by atoms with van der Waals surface area (Å²) >= 11 is 7.12. The Morgan fingerprint density at radius 3 is 2.70 bits per heavy atom. The second kappa shape index (κ2) is 9.07. The first kappa shape index (κ1) is 20.1. The van der Waals surface area contributed by atoms with E-state index in [2.05, 4.69) is 4.98 Å². The standard InChI is InChI=1S/C23H16ClNO4S/c24-18-9-2-1-7-16(18)14-28-17-8-5-6-15(12-17)13-21(22(26)27)30-23-25-19-10-3-4-11-20(19)29-23/h1-13H,14H2,(H,26,27)/b21-13-. The van der Waals surface area contributed by atoms with E-state index in [4.69, 9.17) is 20.8 Å². The second-order valence-corrected chi connectivity index (χ2v) is 7.72. The number of aliphatic carboxylic acids is 1. The van der Waals surface area contributed by atoms with Crippen molar-refractivity contribution in [1.82, 2.24) is 4.98 Å². The molecular formula is C23H16ClNO4S. The van der Waals surface area contributed by atoms with Gasteiger partial charge in [-0.15, -0.1) is 0 Å². The number of carboxylic acids is 1. The molecule has 0 atom stereocenters. The van der Waals surface area contributed by atoms with Crippen LogP contribution in [0.15, 0.2) is 87.3 Å². The van der Waals surface area contributed by atoms with Crippen LogP contribution in [0.2, 0.25) is 5.02 Å². The van der Waals surface area contributed by atoms with E-state index in [1.54, 1.807) is 30.3 Å². The molecule has 0 aliphatic carbocycles. The van der Waals surface area contributed by atoms with E-state index in [9.17, 15) is 9.90 Å². The van der Waals surface area contributed by atoms with Crippen molar-refractivity contribution in [2.75, 3.05) is 0 Å². The Hall–Kier alpha value is -3.22. The lowest BCUT2D eigenvalue weighted by Crippen LogP contribution is -1.98. The molecule has 1 heterocycles. The molecule has 5 nitrogen and oxygen atoms in total. The normalized spacial score (nSPS) is 11.6. The van der Waals surface area contributed by atoms with Gasteiger partial charge in [0.15, 0.2) is 5.58 Å². The molecule has 150 valence electrons. The second-order valence-electron chi connectivity index (χ2n) is 6.32. The number of hydrogen-bond donors (Lipinski definition) is 1. The fraction of sp³-hybridized carbons (Fsp3) is 0.0435. The van der Waals surface area contributed by atoms with Crippen LogP contribution in [0.5, 0.6) is 5.75 Å². The summed E-state index contributed by atoms with van der Waals surface area (Å²) in [7, 11) is 0. The highest BCUT2D eigenvalue weighted by atomic mass is 35.5. The number of benzene rings is 3. The SMILES string of the molecule is O=C(O)/C(=C/c1cccc(OCc2ccccc2Cl)c1)Sc1nc2ccccc2o1. The average molecular weight is 438 g/mol. The molecule has 0 fully saturated rings. The first-order valence-electron chi connectivity index (χ1n) is 9.03. The highest BCUT2D eigenvalue weighted by molar-refractivity contribution is 8.03. The molecular weight excluding hydrogens is 422 g/mol. The van der Waals surface area contributed by atoms with Gasteiger partial charge >= 0.3 is 5.97 Å². The zero-order chi connectivity index (χ0) is 20.9. The number of nitrogens with zero attached hydrogens (tertiary/aromatic N) is 1. The minimum atomic E-state index is -1.07. The number of oxazole rings is 1. The highest BCUT2D eigenvalue weighted by Gasteiger charge is 2.15. The predicted octanol–water partition coefficient (Wildman–Crippen LogP) is 6.28. The molecule has 0 saturated carbocycles. The van der Waals surface area contributed by atoms with Crippen molar-refractivity contribution in [2.24, 2.45) is 0 Å². The van der Waals surface area contributed by atoms with Crippen molar-refractivity contribution in [3.8, 4) is 5.75 Å². The Morgan fingerprint density at radius 2 is 1.90 bits per heavy atom. The van der Waals surface area contributed by atoms with Crippen LogP contribution in [0, 0.1) is 0 Å². The van der Waals surface area contributed by atoms with Crippen LogP contribution < -0.4 is 4.74 Å². The molecule has 0 saturated heterocycles. The molecule has 30 heavy (non-hydrogen) atoms. The fourth-order valence-electron chi connectivity index (χ4n) is 2.75. The van der Waals surface area contributed by atoms with E-state index in [0.29, 0.717) is 34.0 Å². The Labute approximate surface area is 182 Å². The zero-order valence-electron chi connectivity index (χ0n) is 15.6. The number of carboxylic acid groups (broad SMARTS) is 1. The summed E-state index contributed by atoms with van der Waals surface area (Å²) in [4.78, 5) is 16.2. The van der Waals surface area contributed by atoms with Crippen molar-refractivity contribution in [1.29, 1.82) is 0 Å². The third-order valence-corrected chi connectivity index (χ3v) is 5.42. The first-order valence-corrected chi connectivity index (χ1v) is 10.2. The molecule has 7 heteroatoms. The number of aromatic nitrogens is 1. The third-order valence-electron chi connectivity index (χ3n) is 4.19. The van der Waals surface area contributed by atoms with E-state index in [1.165, 1.54) is 0 Å². The van der Waals surface area contributed by atoms with E-state index >= 15 is 0 Å². The van der Waals surface area contributed by atoms with Gasteiger partial charge in [0.05, 0.1) is 0 Å². The molecule has 0 aliphatic rings. The number of hydrogen-bond acceptors (Lipinski definition) is 5. The van der Waals surface area contributed by atoms with E-state index in [1.807, 2.05) is 48.5 Å².